The van der Waals surface area contributed by atoms with Gasteiger partial charge in [0, 0.05) is 32.4 Å². The van der Waals surface area contributed by atoms with Gasteiger partial charge in [-0.3, -0.25) is 4.90 Å². The Labute approximate surface area is 111 Å². The van der Waals surface area contributed by atoms with Crippen molar-refractivity contribution in [3.63, 3.8) is 0 Å². The highest BCUT2D eigenvalue weighted by molar-refractivity contribution is 5.46. The third kappa shape index (κ3) is 3.03. The van der Waals surface area contributed by atoms with Gasteiger partial charge in [-0.1, -0.05) is 18.6 Å². The van der Waals surface area contributed by atoms with Crippen molar-refractivity contribution in [2.45, 2.75) is 25.3 Å². The lowest BCUT2D eigenvalue weighted by Crippen LogP contribution is -2.37. The number of nitrogens with zero attached hydrogens (tertiary/aromatic N) is 2. The second-order valence-corrected chi connectivity index (χ2v) is 5.33. The van der Waals surface area contributed by atoms with Crippen LogP contribution in [0.15, 0.2) is 24.3 Å². The fraction of sp³-hybridized carbons (Fsp3) is 0.600. The first-order chi connectivity index (χ1) is 8.72. The van der Waals surface area contributed by atoms with Gasteiger partial charge in [0.05, 0.1) is 0 Å². The van der Waals surface area contributed by atoms with E-state index in [1.54, 1.807) is 0 Å². The van der Waals surface area contributed by atoms with E-state index >= 15 is 0 Å². The van der Waals surface area contributed by atoms with E-state index in [1.165, 1.54) is 43.6 Å². The molecule has 1 aliphatic rings. The topological polar surface area (TPSA) is 32.5 Å². The number of anilines is 1. The second kappa shape index (κ2) is 6.21. The lowest BCUT2D eigenvalue weighted by molar-refractivity contribution is 0.167. The highest BCUT2D eigenvalue weighted by Gasteiger charge is 2.20. The van der Waals surface area contributed by atoms with Crippen molar-refractivity contribution in [1.82, 2.24) is 4.90 Å². The molecule has 3 nitrogen and oxygen atoms in total. The van der Waals surface area contributed by atoms with Crippen molar-refractivity contribution in [3.05, 3.63) is 29.8 Å². The molecule has 2 N–H and O–H groups in total. The zero-order chi connectivity index (χ0) is 13.0. The Morgan fingerprint density at radius 2 is 1.72 bits per heavy atom. The van der Waals surface area contributed by atoms with Crippen LogP contribution in [0, 0.1) is 0 Å². The number of benzene rings is 1. The predicted octanol–water partition coefficient (Wildman–Crippen LogP) is 2.24. The van der Waals surface area contributed by atoms with Gasteiger partial charge in [-0.15, -0.1) is 0 Å². The first kappa shape index (κ1) is 13.4. The summed E-state index contributed by atoms with van der Waals surface area (Å²) in [6, 6.07) is 9.20. The van der Waals surface area contributed by atoms with Crippen molar-refractivity contribution in [2.75, 3.05) is 38.6 Å². The lowest BCUT2D eigenvalue weighted by Gasteiger charge is -2.34. The van der Waals surface area contributed by atoms with Crippen molar-refractivity contribution < 1.29 is 0 Å². The number of piperidine rings is 1. The van der Waals surface area contributed by atoms with Gasteiger partial charge in [0.2, 0.25) is 0 Å². The number of hydrogen-bond donors (Lipinski definition) is 1. The van der Waals surface area contributed by atoms with Crippen LogP contribution in [0.5, 0.6) is 0 Å². The minimum absolute atomic E-state index is 0.390. The maximum Gasteiger partial charge on any atom is 0.0470 e. The van der Waals surface area contributed by atoms with E-state index in [2.05, 4.69) is 48.2 Å². The molecule has 0 saturated carbocycles. The molecular weight excluding hydrogens is 222 g/mol. The van der Waals surface area contributed by atoms with Crippen LogP contribution >= 0.6 is 0 Å². The molecule has 1 aromatic rings. The van der Waals surface area contributed by atoms with Crippen LogP contribution in [0.3, 0.4) is 0 Å². The number of rotatable bonds is 4. The minimum Gasteiger partial charge on any atom is -0.378 e. The van der Waals surface area contributed by atoms with Crippen LogP contribution in [0.2, 0.25) is 0 Å². The molecule has 1 aliphatic heterocycles. The van der Waals surface area contributed by atoms with Crippen molar-refractivity contribution in [1.29, 1.82) is 0 Å². The third-order valence-electron chi connectivity index (χ3n) is 3.85. The van der Waals surface area contributed by atoms with E-state index in [0.717, 1.165) is 0 Å². The Morgan fingerprint density at radius 3 is 2.22 bits per heavy atom. The molecule has 1 fully saturated rings. The fourth-order valence-corrected chi connectivity index (χ4v) is 2.72. The summed E-state index contributed by atoms with van der Waals surface area (Å²) in [6.07, 6.45) is 3.99. The summed E-state index contributed by atoms with van der Waals surface area (Å²) in [6.45, 7) is 3.09. The normalized spacial score (nSPS) is 18.6. The molecule has 1 atom stereocenters. The molecule has 1 heterocycles. The maximum atomic E-state index is 5.98. The molecule has 0 amide bonds. The SMILES string of the molecule is CN(C)c1ccc([C@@H](CN)N2CCCCC2)cc1. The summed E-state index contributed by atoms with van der Waals surface area (Å²) < 4.78 is 0. The van der Waals surface area contributed by atoms with E-state index in [9.17, 15) is 0 Å². The second-order valence-electron chi connectivity index (χ2n) is 5.33. The summed E-state index contributed by atoms with van der Waals surface area (Å²) in [7, 11) is 4.14. The maximum absolute atomic E-state index is 5.98. The van der Waals surface area contributed by atoms with Gasteiger partial charge in [0.25, 0.3) is 0 Å². The van der Waals surface area contributed by atoms with E-state index in [0.29, 0.717) is 12.6 Å². The molecule has 1 saturated heterocycles. The number of nitrogens with two attached hydrogens (primary N) is 1. The summed E-state index contributed by atoms with van der Waals surface area (Å²) in [5.41, 5.74) is 8.58. The van der Waals surface area contributed by atoms with E-state index < -0.39 is 0 Å². The van der Waals surface area contributed by atoms with Crippen molar-refractivity contribution in [3.8, 4) is 0 Å². The molecule has 0 unspecified atom stereocenters. The Morgan fingerprint density at radius 1 is 1.11 bits per heavy atom. The zero-order valence-electron chi connectivity index (χ0n) is 11.6. The van der Waals surface area contributed by atoms with Gasteiger partial charge in [0.1, 0.15) is 0 Å². The van der Waals surface area contributed by atoms with E-state index in [1.807, 2.05) is 0 Å². The monoisotopic (exact) mass is 247 g/mol. The van der Waals surface area contributed by atoms with Gasteiger partial charge in [0.15, 0.2) is 0 Å². The summed E-state index contributed by atoms with van der Waals surface area (Å²) in [4.78, 5) is 4.66. The van der Waals surface area contributed by atoms with Crippen LogP contribution in [-0.4, -0.2) is 38.6 Å². The molecule has 18 heavy (non-hydrogen) atoms. The number of likely N-dealkylation sites (tertiary alicyclic amines) is 1. The van der Waals surface area contributed by atoms with Crippen molar-refractivity contribution in [2.24, 2.45) is 5.73 Å². The van der Waals surface area contributed by atoms with Gasteiger partial charge in [-0.05, 0) is 43.6 Å². The van der Waals surface area contributed by atoms with Gasteiger partial charge < -0.3 is 10.6 Å². The van der Waals surface area contributed by atoms with Crippen LogP contribution in [-0.2, 0) is 0 Å². The van der Waals surface area contributed by atoms with Crippen LogP contribution in [0.4, 0.5) is 5.69 Å². The van der Waals surface area contributed by atoms with Gasteiger partial charge in [-0.2, -0.15) is 0 Å². The molecule has 1 aromatic carbocycles. The molecule has 0 spiro atoms. The van der Waals surface area contributed by atoms with Crippen molar-refractivity contribution >= 4 is 5.69 Å². The van der Waals surface area contributed by atoms with Gasteiger partial charge >= 0.3 is 0 Å². The highest BCUT2D eigenvalue weighted by Crippen LogP contribution is 2.25. The molecule has 0 aliphatic carbocycles. The molecule has 0 radical (unpaired) electrons. The van der Waals surface area contributed by atoms with E-state index in [-0.39, 0.29) is 0 Å². The Kier molecular flexibility index (Phi) is 4.61. The first-order valence-electron chi connectivity index (χ1n) is 6.94. The molecule has 3 heteroatoms. The third-order valence-corrected chi connectivity index (χ3v) is 3.85. The zero-order valence-corrected chi connectivity index (χ0v) is 11.6. The molecule has 0 aromatic heterocycles. The molecular formula is C15H25N3. The molecule has 2 rings (SSSR count). The van der Waals surface area contributed by atoms with Crippen LogP contribution in [0.1, 0.15) is 30.9 Å². The largest absolute Gasteiger partial charge is 0.378 e. The first-order valence-corrected chi connectivity index (χ1v) is 6.94. The standard InChI is InChI=1S/C15H25N3/c1-17(2)14-8-6-13(7-9-14)15(12-16)18-10-4-3-5-11-18/h6-9,15H,3-5,10-12,16H2,1-2H3/t15-/m1/s1. The predicted molar refractivity (Wildman–Crippen MR) is 78.0 cm³/mol. The average molecular weight is 247 g/mol. The summed E-state index contributed by atoms with van der Waals surface area (Å²) >= 11 is 0. The minimum atomic E-state index is 0.390. The fourth-order valence-electron chi connectivity index (χ4n) is 2.72. The Bertz CT molecular complexity index is 353. The molecule has 0 bridgehead atoms. The smallest absolute Gasteiger partial charge is 0.0470 e. The lowest BCUT2D eigenvalue weighted by atomic mass is 10.0. The quantitative estimate of drug-likeness (QED) is 0.885. The Hall–Kier alpha value is -1.06. The number of hydrogen-bond acceptors (Lipinski definition) is 3. The van der Waals surface area contributed by atoms with Crippen LogP contribution < -0.4 is 10.6 Å². The van der Waals surface area contributed by atoms with Gasteiger partial charge in [-0.25, -0.2) is 0 Å². The highest BCUT2D eigenvalue weighted by atomic mass is 15.2. The van der Waals surface area contributed by atoms with Crippen LogP contribution in [0.25, 0.3) is 0 Å². The summed E-state index contributed by atoms with van der Waals surface area (Å²) in [5.74, 6) is 0. The summed E-state index contributed by atoms with van der Waals surface area (Å²) in [5, 5.41) is 0. The molecule has 100 valence electrons. The average Bonchev–Trinajstić information content (AvgIpc) is 2.41. The Balaban J connectivity index is 2.11. The van der Waals surface area contributed by atoms with E-state index in [4.69, 9.17) is 5.73 Å².